The second-order valence-corrected chi connectivity index (χ2v) is 7.36. The summed E-state index contributed by atoms with van der Waals surface area (Å²) in [5.41, 5.74) is 2.21. The third-order valence-corrected chi connectivity index (χ3v) is 5.45. The maximum atomic E-state index is 13.1. The van der Waals surface area contributed by atoms with Gasteiger partial charge in [-0.25, -0.2) is 4.39 Å². The minimum Gasteiger partial charge on any atom is -0.368 e. The van der Waals surface area contributed by atoms with Crippen LogP contribution in [0.4, 0.5) is 10.1 Å². The standard InChI is InChI=1S/C20H26FN5OS.HI/c1-22-20(24-14-16-7-13-28-15-16)23-8-6-19(27)26-11-9-25(10-12-26)18-4-2-17(21)3-5-18;/h2-5,7,13,15H,6,8-12,14H2,1H3,(H2,22,23,24);1H. The molecule has 1 aliphatic heterocycles. The lowest BCUT2D eigenvalue weighted by Gasteiger charge is -2.36. The molecule has 0 radical (unpaired) electrons. The quantitative estimate of drug-likeness (QED) is 0.342. The van der Waals surface area contributed by atoms with Gasteiger partial charge < -0.3 is 20.4 Å². The highest BCUT2D eigenvalue weighted by atomic mass is 127. The average Bonchev–Trinajstić information content (AvgIpc) is 3.25. The topological polar surface area (TPSA) is 60.0 Å². The van der Waals surface area contributed by atoms with Crippen LogP contribution in [0.25, 0.3) is 0 Å². The number of hydrogen-bond acceptors (Lipinski definition) is 4. The van der Waals surface area contributed by atoms with E-state index in [0.29, 0.717) is 38.6 Å². The monoisotopic (exact) mass is 531 g/mol. The molecule has 1 fully saturated rings. The molecule has 1 aromatic carbocycles. The van der Waals surface area contributed by atoms with Crippen molar-refractivity contribution >= 4 is 52.9 Å². The van der Waals surface area contributed by atoms with Gasteiger partial charge in [0.15, 0.2) is 5.96 Å². The zero-order chi connectivity index (χ0) is 19.8. The number of amides is 1. The molecule has 1 aromatic heterocycles. The Kier molecular flexibility index (Phi) is 9.65. The molecule has 2 heterocycles. The van der Waals surface area contributed by atoms with Crippen LogP contribution in [0.5, 0.6) is 0 Å². The van der Waals surface area contributed by atoms with E-state index in [4.69, 9.17) is 0 Å². The van der Waals surface area contributed by atoms with E-state index >= 15 is 0 Å². The molecule has 158 valence electrons. The van der Waals surface area contributed by atoms with E-state index < -0.39 is 0 Å². The smallest absolute Gasteiger partial charge is 0.224 e. The number of benzene rings is 1. The average molecular weight is 531 g/mol. The van der Waals surface area contributed by atoms with Crippen molar-refractivity contribution in [1.82, 2.24) is 15.5 Å². The van der Waals surface area contributed by atoms with Gasteiger partial charge in [-0.05, 0) is 46.7 Å². The van der Waals surface area contributed by atoms with Crippen molar-refractivity contribution in [3.8, 4) is 0 Å². The highest BCUT2D eigenvalue weighted by Gasteiger charge is 2.21. The van der Waals surface area contributed by atoms with Gasteiger partial charge in [0, 0.05) is 58.4 Å². The molecule has 0 aliphatic carbocycles. The number of carbonyl (C=O) groups is 1. The Morgan fingerprint density at radius 3 is 2.48 bits per heavy atom. The fourth-order valence-corrected chi connectivity index (χ4v) is 3.78. The Hall–Kier alpha value is -1.88. The number of hydrogen-bond donors (Lipinski definition) is 2. The molecular formula is C20H27FIN5OS. The fraction of sp³-hybridized carbons (Fsp3) is 0.400. The summed E-state index contributed by atoms with van der Waals surface area (Å²) in [5.74, 6) is 0.601. The molecule has 2 aromatic rings. The molecule has 29 heavy (non-hydrogen) atoms. The predicted molar refractivity (Wildman–Crippen MR) is 128 cm³/mol. The third-order valence-electron chi connectivity index (χ3n) is 4.72. The van der Waals surface area contributed by atoms with Gasteiger partial charge in [0.2, 0.25) is 5.91 Å². The van der Waals surface area contributed by atoms with E-state index in [-0.39, 0.29) is 35.7 Å². The minimum atomic E-state index is -0.232. The van der Waals surface area contributed by atoms with Crippen LogP contribution in [0.3, 0.4) is 0 Å². The number of carbonyl (C=O) groups excluding carboxylic acids is 1. The molecule has 0 bridgehead atoms. The predicted octanol–water partition coefficient (Wildman–Crippen LogP) is 2.91. The molecule has 0 spiro atoms. The second kappa shape index (κ2) is 12.0. The van der Waals surface area contributed by atoms with Crippen molar-refractivity contribution < 1.29 is 9.18 Å². The molecule has 0 atom stereocenters. The van der Waals surface area contributed by atoms with Gasteiger partial charge in [-0.3, -0.25) is 9.79 Å². The lowest BCUT2D eigenvalue weighted by Crippen LogP contribution is -2.49. The molecule has 1 aliphatic rings. The molecule has 0 unspecified atom stereocenters. The first-order valence-corrected chi connectivity index (χ1v) is 10.3. The van der Waals surface area contributed by atoms with Crippen molar-refractivity contribution in [2.75, 3.05) is 44.7 Å². The molecule has 0 saturated carbocycles. The van der Waals surface area contributed by atoms with Gasteiger partial charge in [0.05, 0.1) is 0 Å². The van der Waals surface area contributed by atoms with Crippen molar-refractivity contribution in [3.63, 3.8) is 0 Å². The van der Waals surface area contributed by atoms with Gasteiger partial charge in [0.25, 0.3) is 0 Å². The number of nitrogens with zero attached hydrogens (tertiary/aromatic N) is 3. The molecule has 1 amide bonds. The summed E-state index contributed by atoms with van der Waals surface area (Å²) < 4.78 is 13.1. The summed E-state index contributed by atoms with van der Waals surface area (Å²) in [6.45, 7) is 4.13. The van der Waals surface area contributed by atoms with Crippen LogP contribution in [0, 0.1) is 5.82 Å². The Morgan fingerprint density at radius 2 is 1.86 bits per heavy atom. The van der Waals surface area contributed by atoms with Crippen LogP contribution in [0.15, 0.2) is 46.1 Å². The summed E-state index contributed by atoms with van der Waals surface area (Å²) in [6, 6.07) is 8.58. The number of guanidine groups is 1. The van der Waals surface area contributed by atoms with E-state index in [1.165, 1.54) is 17.7 Å². The van der Waals surface area contributed by atoms with Crippen LogP contribution in [0.1, 0.15) is 12.0 Å². The Bertz CT molecular complexity index is 777. The number of rotatable bonds is 6. The highest BCUT2D eigenvalue weighted by Crippen LogP contribution is 2.17. The number of anilines is 1. The third kappa shape index (κ3) is 7.14. The number of nitrogens with one attached hydrogen (secondary N) is 2. The number of aliphatic imine (C=N–C) groups is 1. The molecule has 1 saturated heterocycles. The summed E-state index contributed by atoms with van der Waals surface area (Å²) >= 11 is 1.67. The maximum absolute atomic E-state index is 13.1. The van der Waals surface area contributed by atoms with Crippen LogP contribution < -0.4 is 15.5 Å². The van der Waals surface area contributed by atoms with Crippen LogP contribution in [-0.4, -0.2) is 56.5 Å². The van der Waals surface area contributed by atoms with E-state index in [1.807, 2.05) is 10.3 Å². The highest BCUT2D eigenvalue weighted by molar-refractivity contribution is 14.0. The van der Waals surface area contributed by atoms with Crippen LogP contribution in [-0.2, 0) is 11.3 Å². The normalized spacial score (nSPS) is 14.3. The van der Waals surface area contributed by atoms with Crippen molar-refractivity contribution in [2.24, 2.45) is 4.99 Å². The van der Waals surface area contributed by atoms with Crippen molar-refractivity contribution in [3.05, 3.63) is 52.5 Å². The minimum absolute atomic E-state index is 0. The number of halogens is 2. The van der Waals surface area contributed by atoms with Crippen LogP contribution >= 0.6 is 35.3 Å². The zero-order valence-electron chi connectivity index (χ0n) is 16.4. The first-order valence-electron chi connectivity index (χ1n) is 9.39. The lowest BCUT2D eigenvalue weighted by atomic mass is 10.2. The van der Waals surface area contributed by atoms with E-state index in [2.05, 4.69) is 32.0 Å². The van der Waals surface area contributed by atoms with Gasteiger partial charge >= 0.3 is 0 Å². The number of piperazine rings is 1. The van der Waals surface area contributed by atoms with Gasteiger partial charge in [-0.1, -0.05) is 0 Å². The van der Waals surface area contributed by atoms with Gasteiger partial charge in [0.1, 0.15) is 5.82 Å². The first-order chi connectivity index (χ1) is 13.7. The van der Waals surface area contributed by atoms with Crippen LogP contribution in [0.2, 0.25) is 0 Å². The van der Waals surface area contributed by atoms with E-state index in [9.17, 15) is 9.18 Å². The Labute approximate surface area is 192 Å². The summed E-state index contributed by atoms with van der Waals surface area (Å²) in [4.78, 5) is 20.7. The largest absolute Gasteiger partial charge is 0.368 e. The summed E-state index contributed by atoms with van der Waals surface area (Å²) in [5, 5.41) is 10.6. The van der Waals surface area contributed by atoms with E-state index in [0.717, 1.165) is 18.8 Å². The zero-order valence-corrected chi connectivity index (χ0v) is 19.6. The first kappa shape index (κ1) is 23.4. The SMILES string of the molecule is CN=C(NCCC(=O)N1CCN(c2ccc(F)cc2)CC1)NCc1ccsc1.I. The second-order valence-electron chi connectivity index (χ2n) is 6.58. The lowest BCUT2D eigenvalue weighted by molar-refractivity contribution is -0.131. The van der Waals surface area contributed by atoms with Gasteiger partial charge in [-0.15, -0.1) is 24.0 Å². The fourth-order valence-electron chi connectivity index (χ4n) is 3.11. The molecular weight excluding hydrogens is 504 g/mol. The summed E-state index contributed by atoms with van der Waals surface area (Å²) in [6.07, 6.45) is 0.426. The Balaban J connectivity index is 0.00000300. The molecule has 3 rings (SSSR count). The van der Waals surface area contributed by atoms with Gasteiger partial charge in [-0.2, -0.15) is 11.3 Å². The molecule has 2 N–H and O–H groups in total. The Morgan fingerprint density at radius 1 is 1.14 bits per heavy atom. The molecule has 6 nitrogen and oxygen atoms in total. The number of thiophene rings is 1. The van der Waals surface area contributed by atoms with Crippen molar-refractivity contribution in [1.29, 1.82) is 0 Å². The van der Waals surface area contributed by atoms with E-state index in [1.54, 1.807) is 30.5 Å². The maximum Gasteiger partial charge on any atom is 0.224 e. The summed E-state index contributed by atoms with van der Waals surface area (Å²) in [7, 11) is 1.72. The van der Waals surface area contributed by atoms with Crippen molar-refractivity contribution in [2.45, 2.75) is 13.0 Å². The molecule has 9 heteroatoms.